The Balaban J connectivity index is 1.42. The number of nitrogens with zero attached hydrogens (tertiary/aromatic N) is 3. The summed E-state index contributed by atoms with van der Waals surface area (Å²) in [5, 5.41) is 0. The number of carbonyl (C=O) groups is 2. The van der Waals surface area contributed by atoms with Crippen LogP contribution in [0.4, 0.5) is 0 Å². The van der Waals surface area contributed by atoms with E-state index >= 15 is 0 Å². The van der Waals surface area contributed by atoms with Gasteiger partial charge in [0.1, 0.15) is 0 Å². The summed E-state index contributed by atoms with van der Waals surface area (Å²) in [7, 11) is -3.65. The summed E-state index contributed by atoms with van der Waals surface area (Å²) in [6.07, 6.45) is 3.45. The average molecular weight is 465 g/mol. The summed E-state index contributed by atoms with van der Waals surface area (Å²) >= 11 is 0. The van der Waals surface area contributed by atoms with Gasteiger partial charge in [-0.3, -0.25) is 14.5 Å². The van der Waals surface area contributed by atoms with Crippen molar-refractivity contribution in [1.29, 1.82) is 0 Å². The topological polar surface area (TPSA) is 90.0 Å². The highest BCUT2D eigenvalue weighted by Crippen LogP contribution is 2.18. The summed E-state index contributed by atoms with van der Waals surface area (Å²) < 4.78 is 27.7. The quantitative estimate of drug-likeness (QED) is 0.661. The van der Waals surface area contributed by atoms with Gasteiger partial charge in [0.15, 0.2) is 0 Å². The number of hydrogen-bond acceptors (Lipinski definition) is 5. The van der Waals surface area contributed by atoms with Crippen molar-refractivity contribution in [1.82, 2.24) is 19.4 Å². The van der Waals surface area contributed by atoms with Gasteiger partial charge >= 0.3 is 0 Å². The first-order valence-electron chi connectivity index (χ1n) is 11.5. The van der Waals surface area contributed by atoms with E-state index in [9.17, 15) is 18.0 Å². The molecule has 178 valence electrons. The van der Waals surface area contributed by atoms with Gasteiger partial charge in [-0.2, -0.15) is 0 Å². The van der Waals surface area contributed by atoms with E-state index in [0.717, 1.165) is 24.9 Å². The largest absolute Gasteiger partial charge is 0.340 e. The molecular formula is C23H36N4O4S. The molecule has 0 radical (unpaired) electrons. The van der Waals surface area contributed by atoms with Crippen LogP contribution >= 0.6 is 0 Å². The van der Waals surface area contributed by atoms with Crippen molar-refractivity contribution in [2.75, 3.05) is 45.8 Å². The first-order chi connectivity index (χ1) is 15.2. The lowest BCUT2D eigenvalue weighted by atomic mass is 10.0. The van der Waals surface area contributed by atoms with Crippen LogP contribution in [0, 0.1) is 13.8 Å². The second-order valence-electron chi connectivity index (χ2n) is 9.01. The lowest BCUT2D eigenvalue weighted by Crippen LogP contribution is -2.53. The van der Waals surface area contributed by atoms with Gasteiger partial charge in [-0.15, -0.1) is 0 Å². The molecule has 2 saturated heterocycles. The molecule has 1 unspecified atom stereocenters. The minimum absolute atomic E-state index is 0.0655. The van der Waals surface area contributed by atoms with Crippen molar-refractivity contribution in [3.8, 4) is 0 Å². The van der Waals surface area contributed by atoms with E-state index in [4.69, 9.17) is 0 Å². The van der Waals surface area contributed by atoms with Crippen LogP contribution in [0.3, 0.4) is 0 Å². The molecule has 2 heterocycles. The zero-order valence-electron chi connectivity index (χ0n) is 19.5. The van der Waals surface area contributed by atoms with Crippen LogP contribution in [0.25, 0.3) is 0 Å². The van der Waals surface area contributed by atoms with Gasteiger partial charge in [0.05, 0.1) is 11.4 Å². The molecule has 2 aliphatic rings. The molecule has 3 rings (SSSR count). The van der Waals surface area contributed by atoms with Gasteiger partial charge in [0, 0.05) is 51.7 Å². The SMILES string of the molecule is Cc1ccc(C)c(S(=O)(=O)NCCC(=O)N2CCN(CC(=O)N3CCCCC3C)CC2)c1. The molecule has 9 heteroatoms. The maximum atomic E-state index is 12.6. The number of likely N-dealkylation sites (tertiary alicyclic amines) is 1. The zero-order valence-corrected chi connectivity index (χ0v) is 20.3. The lowest BCUT2D eigenvalue weighted by Gasteiger charge is -2.38. The van der Waals surface area contributed by atoms with Crippen LogP contribution in [-0.4, -0.2) is 86.8 Å². The summed E-state index contributed by atoms with van der Waals surface area (Å²) in [4.78, 5) is 31.3. The highest BCUT2D eigenvalue weighted by atomic mass is 32.2. The van der Waals surface area contributed by atoms with Crippen LogP contribution < -0.4 is 4.72 Å². The predicted octanol–water partition coefficient (Wildman–Crippen LogP) is 1.52. The zero-order chi connectivity index (χ0) is 23.3. The Kier molecular flexibility index (Phi) is 8.30. The van der Waals surface area contributed by atoms with Crippen molar-refractivity contribution in [3.63, 3.8) is 0 Å². The van der Waals surface area contributed by atoms with Gasteiger partial charge in [-0.1, -0.05) is 12.1 Å². The predicted molar refractivity (Wildman–Crippen MR) is 124 cm³/mol. The summed E-state index contributed by atoms with van der Waals surface area (Å²) in [5.74, 6) is 0.113. The molecule has 0 bridgehead atoms. The van der Waals surface area contributed by atoms with E-state index in [1.165, 1.54) is 6.42 Å². The Hall–Kier alpha value is -1.97. The van der Waals surface area contributed by atoms with Gasteiger partial charge in [-0.05, 0) is 57.2 Å². The standard InChI is InChI=1S/C23H36N4O4S/c1-18-7-8-19(2)21(16-18)32(30,31)24-10-9-22(28)26-14-12-25(13-15-26)17-23(29)27-11-5-4-6-20(27)3/h7-8,16,20,24H,4-6,9-15,17H2,1-3H3. The highest BCUT2D eigenvalue weighted by molar-refractivity contribution is 7.89. The van der Waals surface area contributed by atoms with Crippen LogP contribution in [0.5, 0.6) is 0 Å². The Morgan fingerprint density at radius 2 is 1.75 bits per heavy atom. The van der Waals surface area contributed by atoms with Gasteiger partial charge < -0.3 is 9.80 Å². The molecule has 2 fully saturated rings. The third-order valence-electron chi connectivity index (χ3n) is 6.47. The Bertz CT molecular complexity index is 926. The monoisotopic (exact) mass is 464 g/mol. The number of hydrogen-bond donors (Lipinski definition) is 1. The second kappa shape index (κ2) is 10.8. The average Bonchev–Trinajstić information content (AvgIpc) is 2.76. The molecule has 1 aromatic rings. The highest BCUT2D eigenvalue weighted by Gasteiger charge is 2.27. The normalized spacial score (nSPS) is 20.4. The molecule has 2 aliphatic heterocycles. The number of benzene rings is 1. The van der Waals surface area contributed by atoms with Crippen molar-refractivity contribution in [2.24, 2.45) is 0 Å². The third kappa shape index (κ3) is 6.30. The van der Waals surface area contributed by atoms with Crippen LogP contribution in [0.15, 0.2) is 23.1 Å². The Morgan fingerprint density at radius 3 is 2.44 bits per heavy atom. The lowest BCUT2D eigenvalue weighted by molar-refractivity contribution is -0.137. The van der Waals surface area contributed by atoms with E-state index in [1.54, 1.807) is 24.0 Å². The molecule has 0 spiro atoms. The summed E-state index contributed by atoms with van der Waals surface area (Å²) in [6.45, 7) is 9.48. The van der Waals surface area contributed by atoms with E-state index in [0.29, 0.717) is 44.3 Å². The van der Waals surface area contributed by atoms with Crippen molar-refractivity contribution in [3.05, 3.63) is 29.3 Å². The van der Waals surface area contributed by atoms with Crippen LogP contribution in [0.2, 0.25) is 0 Å². The summed E-state index contributed by atoms with van der Waals surface area (Å²) in [6, 6.07) is 5.61. The molecule has 0 aliphatic carbocycles. The molecular weight excluding hydrogens is 428 g/mol. The number of carbonyl (C=O) groups excluding carboxylic acids is 2. The first kappa shape index (κ1) is 24.7. The molecule has 1 atom stereocenters. The van der Waals surface area contributed by atoms with E-state index in [1.807, 2.05) is 17.9 Å². The smallest absolute Gasteiger partial charge is 0.240 e. The maximum Gasteiger partial charge on any atom is 0.240 e. The molecule has 2 amide bonds. The van der Waals surface area contributed by atoms with Crippen molar-refractivity contribution >= 4 is 21.8 Å². The minimum atomic E-state index is -3.65. The Labute approximate surface area is 192 Å². The van der Waals surface area contributed by atoms with E-state index in [-0.39, 0.29) is 29.7 Å². The number of piperazine rings is 1. The van der Waals surface area contributed by atoms with Crippen LogP contribution in [-0.2, 0) is 19.6 Å². The van der Waals surface area contributed by atoms with Crippen LogP contribution in [0.1, 0.15) is 43.7 Å². The second-order valence-corrected chi connectivity index (χ2v) is 10.7. The number of rotatable bonds is 7. The van der Waals surface area contributed by atoms with Gasteiger partial charge in [-0.25, -0.2) is 13.1 Å². The van der Waals surface area contributed by atoms with Gasteiger partial charge in [0.25, 0.3) is 0 Å². The molecule has 8 nitrogen and oxygen atoms in total. The van der Waals surface area contributed by atoms with Gasteiger partial charge in [0.2, 0.25) is 21.8 Å². The fourth-order valence-electron chi connectivity index (χ4n) is 4.43. The number of sulfonamides is 1. The molecule has 32 heavy (non-hydrogen) atoms. The maximum absolute atomic E-state index is 12.6. The van der Waals surface area contributed by atoms with E-state index < -0.39 is 10.0 Å². The fourth-order valence-corrected chi connectivity index (χ4v) is 5.79. The third-order valence-corrected chi connectivity index (χ3v) is 8.07. The fraction of sp³-hybridized carbons (Fsp3) is 0.652. The number of amides is 2. The Morgan fingerprint density at radius 1 is 1.03 bits per heavy atom. The number of piperidine rings is 1. The van der Waals surface area contributed by atoms with Crippen molar-refractivity contribution < 1.29 is 18.0 Å². The molecule has 0 aromatic heterocycles. The van der Waals surface area contributed by atoms with Crippen molar-refractivity contribution in [2.45, 2.75) is 57.4 Å². The first-order valence-corrected chi connectivity index (χ1v) is 13.0. The van der Waals surface area contributed by atoms with E-state index in [2.05, 4.69) is 16.5 Å². The number of aryl methyl sites for hydroxylation is 2. The number of nitrogens with one attached hydrogen (secondary N) is 1. The summed E-state index contributed by atoms with van der Waals surface area (Å²) in [5.41, 5.74) is 1.55. The molecule has 1 N–H and O–H groups in total. The molecule has 0 saturated carbocycles. The minimum Gasteiger partial charge on any atom is -0.340 e. The molecule has 1 aromatic carbocycles.